The van der Waals surface area contributed by atoms with Crippen LogP contribution in [0, 0.1) is 23.7 Å². The number of unbranched alkanes of at least 4 members (excludes halogenated alkanes) is 24. The maximum absolute atomic E-state index is 14.8. The molecule has 0 amide bonds. The summed E-state index contributed by atoms with van der Waals surface area (Å²) in [7, 11) is 0. The zero-order valence-corrected chi connectivity index (χ0v) is 52.3. The van der Waals surface area contributed by atoms with Crippen molar-refractivity contribution < 1.29 is 38.1 Å². The van der Waals surface area contributed by atoms with Gasteiger partial charge in [0.25, 0.3) is 0 Å². The Bertz CT molecular complexity index is 1970. The Morgan fingerprint density at radius 3 is 0.575 bits per heavy atom. The highest BCUT2D eigenvalue weighted by Crippen LogP contribution is 2.49. The zero-order chi connectivity index (χ0) is 57.7. The lowest BCUT2D eigenvalue weighted by molar-refractivity contribution is -0.140. The second-order valence-corrected chi connectivity index (χ2v) is 24.1. The van der Waals surface area contributed by atoms with E-state index in [9.17, 15) is 19.2 Å². The molecular weight excluding hydrogens is 993 g/mol. The first-order chi connectivity index (χ1) is 39.1. The molecule has 0 aliphatic rings. The van der Waals surface area contributed by atoms with Crippen LogP contribution in [0.25, 0.3) is 32.3 Å². The second-order valence-electron chi connectivity index (χ2n) is 24.1. The van der Waals surface area contributed by atoms with E-state index in [0.717, 1.165) is 268 Å². The molecule has 0 bridgehead atoms. The molecule has 0 spiro atoms. The molecule has 0 saturated heterocycles. The maximum atomic E-state index is 14.8. The smallest absolute Gasteiger partial charge is 0.314 e. The fourth-order valence-electron chi connectivity index (χ4n) is 12.0. The average molecular weight is 1110 g/mol. The molecule has 0 aliphatic carbocycles. The number of hydrogen-bond donors (Lipinski definition) is 0. The molecular formula is C72H114O8. The van der Waals surface area contributed by atoms with Crippen molar-refractivity contribution in [3.8, 4) is 23.0 Å². The number of hydrogen-bond acceptors (Lipinski definition) is 8. The van der Waals surface area contributed by atoms with Gasteiger partial charge in [0.15, 0.2) is 0 Å². The number of benzene rings is 4. The van der Waals surface area contributed by atoms with Gasteiger partial charge in [-0.1, -0.05) is 261 Å². The Balaban J connectivity index is 2.01. The summed E-state index contributed by atoms with van der Waals surface area (Å²) in [5.41, 5.74) is 0. The van der Waals surface area contributed by atoms with E-state index in [1.54, 1.807) is 12.1 Å². The first kappa shape index (κ1) is 68.3. The standard InChI is InChI=1S/C72H114O8/c1-9-17-25-33-41-55(42-34-26-18-10-2)69(73)77-63-53-64(78-70(74)56(43-35-27-19-11-3)44-36-28-20-12-4)60-51-52-62-66(80-72(76)58(47-39-31-23-15-7)48-40-32-24-16-8)54-65(61-50-49-59(63)67(60)68(61)62)79-71(75)57(45-37-29-21-13-5)46-38-30-22-14-6/h49-58H,9-48H2,1-8H3. The molecule has 8 nitrogen and oxygen atoms in total. The van der Waals surface area contributed by atoms with Crippen LogP contribution in [0.5, 0.6) is 23.0 Å². The Morgan fingerprint density at radius 2 is 0.425 bits per heavy atom. The van der Waals surface area contributed by atoms with E-state index >= 15 is 0 Å². The van der Waals surface area contributed by atoms with E-state index in [-0.39, 0.29) is 47.5 Å². The van der Waals surface area contributed by atoms with Crippen LogP contribution in [0.2, 0.25) is 0 Å². The predicted octanol–water partition coefficient (Wildman–Crippen LogP) is 22.4. The highest BCUT2D eigenvalue weighted by atomic mass is 16.6. The average Bonchev–Trinajstić information content (AvgIpc) is 3.45. The summed E-state index contributed by atoms with van der Waals surface area (Å²) >= 11 is 0. The van der Waals surface area contributed by atoms with Crippen LogP contribution in [-0.4, -0.2) is 23.9 Å². The third-order valence-corrected chi connectivity index (χ3v) is 17.2. The van der Waals surface area contributed by atoms with E-state index < -0.39 is 0 Å². The lowest BCUT2D eigenvalue weighted by Crippen LogP contribution is -2.22. The first-order valence-corrected chi connectivity index (χ1v) is 33.8. The largest absolute Gasteiger partial charge is 0.426 e. The minimum absolute atomic E-state index is 0.257. The topological polar surface area (TPSA) is 105 Å². The number of esters is 4. The second kappa shape index (κ2) is 40.9. The van der Waals surface area contributed by atoms with Gasteiger partial charge < -0.3 is 18.9 Å². The third kappa shape index (κ3) is 23.2. The Morgan fingerprint density at radius 1 is 0.263 bits per heavy atom. The Hall–Kier alpha value is -4.20. The summed E-state index contributed by atoms with van der Waals surface area (Å²) in [6.45, 7) is 17.7. The number of carbonyl (C=O) groups excluding carboxylic acids is 4. The molecule has 0 atom stereocenters. The lowest BCUT2D eigenvalue weighted by Gasteiger charge is -2.23. The van der Waals surface area contributed by atoms with Crippen LogP contribution in [0.4, 0.5) is 0 Å². The Labute approximate surface area is 487 Å². The molecule has 0 heterocycles. The molecule has 0 aliphatic heterocycles. The van der Waals surface area contributed by atoms with Crippen molar-refractivity contribution in [3.05, 3.63) is 36.4 Å². The maximum Gasteiger partial charge on any atom is 0.314 e. The van der Waals surface area contributed by atoms with Crippen molar-refractivity contribution in [2.75, 3.05) is 0 Å². The highest BCUT2D eigenvalue weighted by Gasteiger charge is 2.30. The van der Waals surface area contributed by atoms with Crippen molar-refractivity contribution in [2.45, 2.75) is 312 Å². The minimum atomic E-state index is -0.269. The normalized spacial score (nSPS) is 11.9. The monoisotopic (exact) mass is 1110 g/mol. The molecule has 0 fully saturated rings. The molecule has 0 unspecified atom stereocenters. The fourth-order valence-corrected chi connectivity index (χ4v) is 12.0. The lowest BCUT2D eigenvalue weighted by atomic mass is 9.91. The van der Waals surface area contributed by atoms with Gasteiger partial charge in [-0.25, -0.2) is 0 Å². The van der Waals surface area contributed by atoms with Gasteiger partial charge in [-0.3, -0.25) is 19.2 Å². The molecule has 0 N–H and O–H groups in total. The molecule has 0 saturated carbocycles. The van der Waals surface area contributed by atoms with Crippen molar-refractivity contribution in [1.29, 1.82) is 0 Å². The number of carbonyl (C=O) groups is 4. The molecule has 0 radical (unpaired) electrons. The van der Waals surface area contributed by atoms with E-state index in [4.69, 9.17) is 18.9 Å². The van der Waals surface area contributed by atoms with Crippen molar-refractivity contribution in [2.24, 2.45) is 23.7 Å². The summed E-state index contributed by atoms with van der Waals surface area (Å²) in [5, 5.41) is 4.19. The highest BCUT2D eigenvalue weighted by molar-refractivity contribution is 6.28. The molecule has 4 rings (SSSR count). The van der Waals surface area contributed by atoms with Crippen molar-refractivity contribution in [1.82, 2.24) is 0 Å². The number of rotatable bonds is 48. The number of ether oxygens (including phenoxy) is 4. The Kier molecular flexibility index (Phi) is 34.9. The molecule has 4 aromatic rings. The van der Waals surface area contributed by atoms with Crippen LogP contribution in [0.3, 0.4) is 0 Å². The van der Waals surface area contributed by atoms with Gasteiger partial charge in [0.2, 0.25) is 0 Å². The van der Waals surface area contributed by atoms with Gasteiger partial charge in [0, 0.05) is 44.5 Å². The van der Waals surface area contributed by atoms with Crippen LogP contribution in [0.1, 0.15) is 312 Å². The summed E-state index contributed by atoms with van der Waals surface area (Å²) < 4.78 is 26.7. The molecule has 8 heteroatoms. The fraction of sp³-hybridized carbons (Fsp3) is 0.722. The minimum Gasteiger partial charge on any atom is -0.426 e. The van der Waals surface area contributed by atoms with E-state index in [0.29, 0.717) is 44.5 Å². The summed E-state index contributed by atoms with van der Waals surface area (Å²) in [4.78, 5) is 59.1. The summed E-state index contributed by atoms with van der Waals surface area (Å²) in [6.07, 6.45) is 40.3. The van der Waals surface area contributed by atoms with Crippen molar-refractivity contribution >= 4 is 56.2 Å². The van der Waals surface area contributed by atoms with Crippen LogP contribution in [-0.2, 0) is 19.2 Å². The quantitative estimate of drug-likeness (QED) is 0.0186. The van der Waals surface area contributed by atoms with Crippen molar-refractivity contribution in [3.63, 3.8) is 0 Å². The van der Waals surface area contributed by atoms with E-state index in [1.807, 2.05) is 24.3 Å². The van der Waals surface area contributed by atoms with Gasteiger partial charge in [0.05, 0.1) is 23.7 Å². The summed E-state index contributed by atoms with van der Waals surface area (Å²) in [5.74, 6) is -0.739. The SMILES string of the molecule is CCCCCCC(CCCCCC)C(=O)Oc1cc(OC(=O)C(CCCCCC)CCCCCC)c2ccc3c(OC(=O)C(CCCCCC)CCCCCC)cc(OC(=O)C(CCCCCC)CCCCCC)c4ccc1c2c43. The first-order valence-electron chi connectivity index (χ1n) is 33.8. The molecule has 80 heavy (non-hydrogen) atoms. The van der Waals surface area contributed by atoms with Gasteiger partial charge in [0.1, 0.15) is 23.0 Å². The van der Waals surface area contributed by atoms with E-state index in [2.05, 4.69) is 55.4 Å². The van der Waals surface area contributed by atoms with Gasteiger partial charge >= 0.3 is 23.9 Å². The van der Waals surface area contributed by atoms with Gasteiger partial charge in [-0.05, 0) is 75.6 Å². The van der Waals surface area contributed by atoms with Crippen LogP contribution >= 0.6 is 0 Å². The zero-order valence-electron chi connectivity index (χ0n) is 52.3. The van der Waals surface area contributed by atoms with Crippen LogP contribution < -0.4 is 18.9 Å². The van der Waals surface area contributed by atoms with Gasteiger partial charge in [-0.15, -0.1) is 0 Å². The predicted molar refractivity (Wildman–Crippen MR) is 337 cm³/mol. The third-order valence-electron chi connectivity index (χ3n) is 17.2. The van der Waals surface area contributed by atoms with Gasteiger partial charge in [-0.2, -0.15) is 0 Å². The summed E-state index contributed by atoms with van der Waals surface area (Å²) in [6, 6.07) is 11.4. The van der Waals surface area contributed by atoms with E-state index in [1.165, 1.54) is 0 Å². The van der Waals surface area contributed by atoms with Crippen LogP contribution in [0.15, 0.2) is 36.4 Å². The molecule has 0 aromatic heterocycles. The molecule has 4 aromatic carbocycles. The molecule has 450 valence electrons.